The monoisotopic (exact) mass is 430 g/mol. The van der Waals surface area contributed by atoms with Gasteiger partial charge in [0, 0.05) is 5.69 Å². The minimum Gasteiger partial charge on any atom is -0.325 e. The Morgan fingerprint density at radius 2 is 2.00 bits per heavy atom. The normalized spacial score (nSPS) is 16.8. The maximum Gasteiger partial charge on any atom is 0.296 e. The summed E-state index contributed by atoms with van der Waals surface area (Å²) in [4.78, 5) is 23.8. The van der Waals surface area contributed by atoms with E-state index in [9.17, 15) is 22.6 Å². The largest absolute Gasteiger partial charge is 0.325 e. The average Bonchev–Trinajstić information content (AvgIpc) is 2.99. The molecule has 1 aliphatic rings. The van der Waals surface area contributed by atoms with Crippen molar-refractivity contribution in [1.82, 2.24) is 0 Å². The van der Waals surface area contributed by atoms with Gasteiger partial charge in [-0.25, -0.2) is 0 Å². The molecule has 3 rings (SSSR count). The molecule has 2 aromatic carbocycles. The molecule has 4 N–H and O–H groups in total. The highest BCUT2D eigenvalue weighted by Crippen LogP contribution is 2.27. The Balaban J connectivity index is 1.85. The second-order valence-electron chi connectivity index (χ2n) is 6.25. The van der Waals surface area contributed by atoms with Crippen molar-refractivity contribution in [3.63, 3.8) is 0 Å². The first-order chi connectivity index (χ1) is 14.2. The van der Waals surface area contributed by atoms with Gasteiger partial charge in [-0.05, 0) is 37.3 Å². The molecule has 2 aromatic rings. The van der Waals surface area contributed by atoms with Crippen LogP contribution >= 0.6 is 0 Å². The smallest absolute Gasteiger partial charge is 0.296 e. The highest BCUT2D eigenvalue weighted by atomic mass is 32.2. The Hall–Kier alpha value is -3.48. The van der Waals surface area contributed by atoms with Crippen molar-refractivity contribution in [3.8, 4) is 0 Å². The molecule has 11 nitrogen and oxygen atoms in total. The average molecular weight is 430 g/mol. The lowest BCUT2D eigenvalue weighted by molar-refractivity contribution is -0.118. The van der Waals surface area contributed by atoms with E-state index in [0.717, 1.165) is 5.01 Å². The van der Waals surface area contributed by atoms with E-state index in [0.29, 0.717) is 17.1 Å². The predicted molar refractivity (Wildman–Crippen MR) is 109 cm³/mol. The number of carbonyl (C=O) groups excluding carboxylic acids is 2. The quantitative estimate of drug-likeness (QED) is 0.466. The van der Waals surface area contributed by atoms with Crippen LogP contribution in [0.2, 0.25) is 0 Å². The molecule has 0 bridgehead atoms. The van der Waals surface area contributed by atoms with E-state index in [-0.39, 0.29) is 18.1 Å². The van der Waals surface area contributed by atoms with Crippen LogP contribution in [0.15, 0.2) is 68.8 Å². The van der Waals surface area contributed by atoms with Crippen LogP contribution in [-0.4, -0.2) is 43.1 Å². The predicted octanol–water partition coefficient (Wildman–Crippen LogP) is 1.71. The number of nitrogens with zero attached hydrogens (tertiary/aromatic N) is 4. The first-order valence-electron chi connectivity index (χ1n) is 8.67. The Kier molecular flexibility index (Phi) is 6.01. The lowest BCUT2D eigenvalue weighted by Crippen LogP contribution is -2.29. The molecule has 0 fully saturated rings. The van der Waals surface area contributed by atoms with Gasteiger partial charge in [-0.2, -0.15) is 28.8 Å². The lowest BCUT2D eigenvalue weighted by Gasteiger charge is -2.14. The summed E-state index contributed by atoms with van der Waals surface area (Å²) < 4.78 is 32.2. The zero-order valence-electron chi connectivity index (χ0n) is 15.8. The molecule has 156 valence electrons. The summed E-state index contributed by atoms with van der Waals surface area (Å²) in [6.45, 7) is 1.40. The SMILES string of the molecule is CC1=NN(c2cccc(NC(=O)CN)c2)C(=O)C1N=Nc1ccccc1S(=O)(=O)O. The fourth-order valence-corrected chi connectivity index (χ4v) is 3.30. The molecule has 0 saturated carbocycles. The van der Waals surface area contributed by atoms with E-state index in [1.54, 1.807) is 31.2 Å². The molecule has 0 radical (unpaired) electrons. The first-order valence-corrected chi connectivity index (χ1v) is 10.1. The van der Waals surface area contributed by atoms with Crippen molar-refractivity contribution >= 4 is 44.7 Å². The first kappa shape index (κ1) is 21.2. The van der Waals surface area contributed by atoms with E-state index >= 15 is 0 Å². The maximum atomic E-state index is 12.8. The number of hydrogen-bond donors (Lipinski definition) is 3. The van der Waals surface area contributed by atoms with E-state index < -0.39 is 27.0 Å². The summed E-state index contributed by atoms with van der Waals surface area (Å²) in [5.74, 6) is -0.897. The van der Waals surface area contributed by atoms with Crippen LogP contribution in [0.1, 0.15) is 6.92 Å². The van der Waals surface area contributed by atoms with Crippen LogP contribution in [-0.2, 0) is 19.7 Å². The van der Waals surface area contributed by atoms with Crippen LogP contribution in [0.3, 0.4) is 0 Å². The number of hydrogen-bond acceptors (Lipinski definition) is 8. The van der Waals surface area contributed by atoms with Crippen molar-refractivity contribution in [2.24, 2.45) is 21.1 Å². The number of nitrogens with two attached hydrogens (primary N) is 1. The second kappa shape index (κ2) is 8.49. The Morgan fingerprint density at radius 1 is 1.27 bits per heavy atom. The molecule has 0 spiro atoms. The van der Waals surface area contributed by atoms with Crippen LogP contribution in [0, 0.1) is 0 Å². The molecule has 2 amide bonds. The van der Waals surface area contributed by atoms with E-state index in [1.807, 2.05) is 0 Å². The summed E-state index contributed by atoms with van der Waals surface area (Å²) in [5, 5.41) is 15.7. The third kappa shape index (κ3) is 4.56. The van der Waals surface area contributed by atoms with Gasteiger partial charge in [-0.15, -0.1) is 0 Å². The van der Waals surface area contributed by atoms with Gasteiger partial charge < -0.3 is 11.1 Å². The second-order valence-corrected chi connectivity index (χ2v) is 7.64. The Morgan fingerprint density at radius 3 is 2.70 bits per heavy atom. The number of rotatable bonds is 6. The highest BCUT2D eigenvalue weighted by molar-refractivity contribution is 7.86. The Bertz CT molecular complexity index is 1160. The summed E-state index contributed by atoms with van der Waals surface area (Å²) in [6.07, 6.45) is 0. The number of azo groups is 1. The van der Waals surface area contributed by atoms with E-state index in [4.69, 9.17) is 5.73 Å². The van der Waals surface area contributed by atoms with Gasteiger partial charge in [0.05, 0.1) is 17.9 Å². The molecule has 12 heteroatoms. The molecule has 1 heterocycles. The summed E-state index contributed by atoms with van der Waals surface area (Å²) >= 11 is 0. The van der Waals surface area contributed by atoms with Crippen molar-refractivity contribution in [2.75, 3.05) is 16.9 Å². The van der Waals surface area contributed by atoms with E-state index in [1.165, 1.54) is 24.3 Å². The lowest BCUT2D eigenvalue weighted by atomic mass is 10.2. The molecule has 1 unspecified atom stereocenters. The van der Waals surface area contributed by atoms with Gasteiger partial charge in [-0.1, -0.05) is 18.2 Å². The standard InChI is InChI=1S/C18H18N6O5S/c1-11-17(22-21-14-7-2-3-8-15(14)30(27,28)29)18(26)24(23-11)13-6-4-5-12(9-13)20-16(25)10-19/h2-9,17H,10,19H2,1H3,(H,20,25)(H,27,28,29). The van der Waals surface area contributed by atoms with Gasteiger partial charge in [0.15, 0.2) is 6.04 Å². The van der Waals surface area contributed by atoms with Crippen molar-refractivity contribution < 1.29 is 22.6 Å². The van der Waals surface area contributed by atoms with Crippen molar-refractivity contribution in [1.29, 1.82) is 0 Å². The fourth-order valence-electron chi connectivity index (χ4n) is 2.68. The highest BCUT2D eigenvalue weighted by Gasteiger charge is 2.35. The third-order valence-corrected chi connectivity index (χ3v) is 4.98. The topological polar surface area (TPSA) is 167 Å². The fraction of sp³-hybridized carbons (Fsp3) is 0.167. The number of hydrazone groups is 1. The molecule has 0 aromatic heterocycles. The number of carbonyl (C=O) groups is 2. The molecule has 1 aliphatic heterocycles. The number of amides is 2. The van der Waals surface area contributed by atoms with Crippen LogP contribution in [0.25, 0.3) is 0 Å². The summed E-state index contributed by atoms with van der Waals surface area (Å²) in [5.41, 5.74) is 6.35. The van der Waals surface area contributed by atoms with E-state index in [2.05, 4.69) is 20.6 Å². The maximum absolute atomic E-state index is 12.8. The van der Waals surface area contributed by atoms with Gasteiger partial charge in [0.25, 0.3) is 16.0 Å². The molecular weight excluding hydrogens is 412 g/mol. The van der Waals surface area contributed by atoms with Gasteiger partial charge in [-0.3, -0.25) is 14.1 Å². The van der Waals surface area contributed by atoms with Crippen LogP contribution in [0.5, 0.6) is 0 Å². The summed E-state index contributed by atoms with van der Waals surface area (Å²) in [7, 11) is -4.50. The van der Waals surface area contributed by atoms with Crippen molar-refractivity contribution in [2.45, 2.75) is 17.9 Å². The summed E-state index contributed by atoms with van der Waals surface area (Å²) in [6, 6.07) is 10.8. The number of nitrogens with one attached hydrogen (secondary N) is 1. The third-order valence-electron chi connectivity index (χ3n) is 4.08. The minimum absolute atomic E-state index is 0.106. The molecule has 30 heavy (non-hydrogen) atoms. The zero-order chi connectivity index (χ0) is 21.9. The van der Waals surface area contributed by atoms with Crippen LogP contribution in [0.4, 0.5) is 17.1 Å². The van der Waals surface area contributed by atoms with Crippen LogP contribution < -0.4 is 16.1 Å². The number of benzene rings is 2. The molecular formula is C18H18N6O5S. The van der Waals surface area contributed by atoms with Gasteiger partial charge in [0.1, 0.15) is 10.6 Å². The molecule has 1 atom stereocenters. The molecule has 0 aliphatic carbocycles. The zero-order valence-corrected chi connectivity index (χ0v) is 16.6. The van der Waals surface area contributed by atoms with Crippen molar-refractivity contribution in [3.05, 3.63) is 48.5 Å². The van der Waals surface area contributed by atoms with Gasteiger partial charge >= 0.3 is 0 Å². The van der Waals surface area contributed by atoms with Gasteiger partial charge in [0.2, 0.25) is 5.91 Å². The Labute approximate surface area is 172 Å². The molecule has 0 saturated heterocycles. The number of anilines is 2. The minimum atomic E-state index is -4.50.